The van der Waals surface area contributed by atoms with E-state index in [9.17, 15) is 9.59 Å². The predicted octanol–water partition coefficient (Wildman–Crippen LogP) is 4.32. The van der Waals surface area contributed by atoms with Crippen molar-refractivity contribution in [2.24, 2.45) is 5.92 Å². The number of hydrogen-bond donors (Lipinski definition) is 1. The second-order valence-corrected chi connectivity index (χ2v) is 9.89. The molecule has 4 rings (SSSR count). The molecule has 7 heteroatoms. The van der Waals surface area contributed by atoms with E-state index in [2.05, 4.69) is 11.4 Å². The molecule has 31 heavy (non-hydrogen) atoms. The van der Waals surface area contributed by atoms with Crippen LogP contribution < -0.4 is 15.8 Å². The molecule has 0 bridgehead atoms. The highest BCUT2D eigenvalue weighted by molar-refractivity contribution is 5.87. The number of amides is 1. The molecule has 2 atom stereocenters. The Morgan fingerprint density at radius 3 is 2.68 bits per heavy atom. The van der Waals surface area contributed by atoms with Crippen molar-refractivity contribution in [3.05, 3.63) is 39.9 Å². The van der Waals surface area contributed by atoms with Gasteiger partial charge in [-0.2, -0.15) is 0 Å². The van der Waals surface area contributed by atoms with Crippen molar-refractivity contribution in [1.29, 1.82) is 0 Å². The average Bonchev–Trinajstić information content (AvgIpc) is 3.37. The normalized spacial score (nSPS) is 20.2. The molecule has 1 aliphatic carbocycles. The van der Waals surface area contributed by atoms with Crippen molar-refractivity contribution < 1.29 is 13.9 Å². The number of hydrogen-bond acceptors (Lipinski definition) is 4. The zero-order valence-corrected chi connectivity index (χ0v) is 18.9. The molecule has 1 N–H and O–H groups in total. The predicted molar refractivity (Wildman–Crippen MR) is 119 cm³/mol. The molecule has 2 heterocycles. The fraction of sp³-hybridized carbons (Fsp3) is 0.583. The van der Waals surface area contributed by atoms with Crippen molar-refractivity contribution in [3.8, 4) is 0 Å². The van der Waals surface area contributed by atoms with Crippen molar-refractivity contribution in [3.63, 3.8) is 0 Å². The zero-order chi connectivity index (χ0) is 22.5. The lowest BCUT2D eigenvalue weighted by Crippen LogP contribution is -2.42. The number of pyridine rings is 1. The lowest BCUT2D eigenvalue weighted by Gasteiger charge is -2.26. The summed E-state index contributed by atoms with van der Waals surface area (Å²) in [6, 6.07) is 5.96. The second-order valence-electron chi connectivity index (χ2n) is 9.89. The fourth-order valence-electron chi connectivity index (χ4n) is 4.59. The summed E-state index contributed by atoms with van der Waals surface area (Å²) in [4.78, 5) is 26.7. The Kier molecular flexibility index (Phi) is 5.48. The van der Waals surface area contributed by atoms with Crippen LogP contribution in [0.15, 0.2) is 16.9 Å². The van der Waals surface area contributed by atoms with Gasteiger partial charge in [0.1, 0.15) is 11.4 Å². The summed E-state index contributed by atoms with van der Waals surface area (Å²) in [7, 11) is 0. The second kappa shape index (κ2) is 7.84. The van der Waals surface area contributed by atoms with Gasteiger partial charge in [-0.05, 0) is 77.5 Å². The summed E-state index contributed by atoms with van der Waals surface area (Å²) < 4.78 is 22.3. The van der Waals surface area contributed by atoms with E-state index in [1.807, 2.05) is 44.1 Å². The Bertz CT molecular complexity index is 1070. The molecule has 1 amide bonds. The third-order valence-electron chi connectivity index (χ3n) is 6.20. The van der Waals surface area contributed by atoms with Gasteiger partial charge in [0.25, 0.3) is 5.56 Å². The minimum Gasteiger partial charge on any atom is -0.444 e. The maximum atomic E-state index is 15.2. The van der Waals surface area contributed by atoms with Gasteiger partial charge in [-0.1, -0.05) is 0 Å². The van der Waals surface area contributed by atoms with Gasteiger partial charge in [-0.25, -0.2) is 9.18 Å². The zero-order valence-electron chi connectivity index (χ0n) is 18.9. The fourth-order valence-corrected chi connectivity index (χ4v) is 4.59. The number of alkyl carbamates (subject to hydrolysis) is 1. The number of anilines is 1. The SMILES string of the molecule is Cc1c(N2CC[C@@H]([C@H](C)NC(=O)OC(C)(C)C)C2)c(F)cc2[c]cc(=O)n(C3CC3)c12. The van der Waals surface area contributed by atoms with Crippen LogP contribution in [0.5, 0.6) is 0 Å². The molecular formula is C24H31FN3O3. The maximum Gasteiger partial charge on any atom is 0.407 e. The summed E-state index contributed by atoms with van der Waals surface area (Å²) in [5.74, 6) is -0.120. The first-order valence-corrected chi connectivity index (χ1v) is 11.1. The minimum absolute atomic E-state index is 0.0786. The lowest BCUT2D eigenvalue weighted by atomic mass is 10.0. The molecule has 1 saturated carbocycles. The Hall–Kier alpha value is -2.57. The number of ether oxygens (including phenoxy) is 1. The topological polar surface area (TPSA) is 63.6 Å². The number of nitrogens with one attached hydrogen (secondary N) is 1. The average molecular weight is 429 g/mol. The number of aromatic nitrogens is 1. The van der Waals surface area contributed by atoms with Gasteiger partial charge in [0.05, 0.1) is 11.2 Å². The summed E-state index contributed by atoms with van der Waals surface area (Å²) in [5.41, 5.74) is 1.49. The molecule has 6 nitrogen and oxygen atoms in total. The number of nitrogens with zero attached hydrogens (tertiary/aromatic N) is 2. The number of carbonyl (C=O) groups is 1. The summed E-state index contributed by atoms with van der Waals surface area (Å²) in [6.07, 6.45) is 2.36. The van der Waals surface area contributed by atoms with Gasteiger partial charge < -0.3 is 19.5 Å². The first-order valence-electron chi connectivity index (χ1n) is 11.1. The quantitative estimate of drug-likeness (QED) is 0.788. The van der Waals surface area contributed by atoms with E-state index in [0.717, 1.165) is 30.3 Å². The van der Waals surface area contributed by atoms with Crippen molar-refractivity contribution >= 4 is 22.7 Å². The van der Waals surface area contributed by atoms with Crippen LogP contribution in [0.2, 0.25) is 0 Å². The molecule has 0 unspecified atom stereocenters. The Morgan fingerprint density at radius 1 is 1.32 bits per heavy atom. The van der Waals surface area contributed by atoms with Gasteiger partial charge in [-0.3, -0.25) is 4.79 Å². The highest BCUT2D eigenvalue weighted by atomic mass is 19.1. The number of fused-ring (bicyclic) bond motifs is 1. The van der Waals surface area contributed by atoms with Crippen LogP contribution >= 0.6 is 0 Å². The van der Waals surface area contributed by atoms with Gasteiger partial charge >= 0.3 is 6.09 Å². The van der Waals surface area contributed by atoms with Crippen LogP contribution in [0.1, 0.15) is 58.6 Å². The molecule has 1 aliphatic heterocycles. The van der Waals surface area contributed by atoms with Crippen LogP contribution in [-0.4, -0.2) is 35.4 Å². The van der Waals surface area contributed by atoms with Crippen LogP contribution in [0.25, 0.3) is 10.9 Å². The van der Waals surface area contributed by atoms with E-state index in [0.29, 0.717) is 24.2 Å². The van der Waals surface area contributed by atoms with Crippen LogP contribution in [0, 0.1) is 24.7 Å². The molecule has 1 aromatic carbocycles. The van der Waals surface area contributed by atoms with Crippen molar-refractivity contribution in [2.45, 2.75) is 71.6 Å². The van der Waals surface area contributed by atoms with E-state index in [4.69, 9.17) is 4.74 Å². The monoisotopic (exact) mass is 428 g/mol. The van der Waals surface area contributed by atoms with Gasteiger partial charge in [0.2, 0.25) is 0 Å². The molecule has 0 spiro atoms. The number of rotatable bonds is 4. The van der Waals surface area contributed by atoms with E-state index in [-0.39, 0.29) is 29.4 Å². The molecule has 1 saturated heterocycles. The van der Waals surface area contributed by atoms with Gasteiger partial charge in [-0.15, -0.1) is 0 Å². The van der Waals surface area contributed by atoms with E-state index in [1.54, 1.807) is 0 Å². The Labute approximate surface area is 182 Å². The Balaban J connectivity index is 1.58. The van der Waals surface area contributed by atoms with Crippen LogP contribution in [0.4, 0.5) is 14.9 Å². The third kappa shape index (κ3) is 4.41. The lowest BCUT2D eigenvalue weighted by molar-refractivity contribution is 0.0494. The highest BCUT2D eigenvalue weighted by Crippen LogP contribution is 2.40. The molecule has 2 aliphatic rings. The Morgan fingerprint density at radius 2 is 2.03 bits per heavy atom. The summed E-state index contributed by atoms with van der Waals surface area (Å²) >= 11 is 0. The molecule has 2 aromatic rings. The van der Waals surface area contributed by atoms with Crippen LogP contribution in [-0.2, 0) is 4.74 Å². The van der Waals surface area contributed by atoms with Crippen LogP contribution in [0.3, 0.4) is 0 Å². The molecular weight excluding hydrogens is 397 g/mol. The smallest absolute Gasteiger partial charge is 0.407 e. The van der Waals surface area contributed by atoms with Crippen molar-refractivity contribution in [1.82, 2.24) is 9.88 Å². The first kappa shape index (κ1) is 21.7. The third-order valence-corrected chi connectivity index (χ3v) is 6.20. The molecule has 167 valence electrons. The standard InChI is InChI=1S/C24H31FN3O3/c1-14-21-16(6-9-20(29)28(21)18-7-8-18)12-19(25)22(14)27-11-10-17(13-27)15(2)26-23(30)31-24(3,4)5/h9,12,15,17-18H,7-8,10-11,13H2,1-5H3,(H,26,30)/t15-,17+/m0/s1. The number of benzene rings is 1. The molecule has 1 aromatic heterocycles. The molecule has 2 fully saturated rings. The largest absolute Gasteiger partial charge is 0.444 e. The molecule has 1 radical (unpaired) electrons. The minimum atomic E-state index is -0.550. The van der Waals surface area contributed by atoms with E-state index in [1.165, 1.54) is 12.1 Å². The van der Waals surface area contributed by atoms with E-state index >= 15 is 4.39 Å². The summed E-state index contributed by atoms with van der Waals surface area (Å²) in [6.45, 7) is 10.7. The van der Waals surface area contributed by atoms with E-state index < -0.39 is 11.7 Å². The summed E-state index contributed by atoms with van der Waals surface area (Å²) in [5, 5.41) is 3.56. The maximum absolute atomic E-state index is 15.2. The number of carbonyl (C=O) groups excluding carboxylic acids is 1. The number of halogens is 1. The van der Waals surface area contributed by atoms with Gasteiger partial charge in [0, 0.05) is 36.6 Å². The highest BCUT2D eigenvalue weighted by Gasteiger charge is 2.33. The van der Waals surface area contributed by atoms with Crippen molar-refractivity contribution in [2.75, 3.05) is 18.0 Å². The first-order chi connectivity index (χ1) is 14.5. The number of aryl methyl sites for hydroxylation is 1. The van der Waals surface area contributed by atoms with Gasteiger partial charge in [0.15, 0.2) is 0 Å².